The van der Waals surface area contributed by atoms with Crippen molar-refractivity contribution in [1.82, 2.24) is 5.32 Å². The third-order valence-electron chi connectivity index (χ3n) is 2.75. The van der Waals surface area contributed by atoms with Crippen molar-refractivity contribution in [3.8, 4) is 0 Å². The lowest BCUT2D eigenvalue weighted by atomic mass is 9.90. The Morgan fingerprint density at radius 3 is 2.53 bits per heavy atom. The number of carboxylic acids is 1. The van der Waals surface area contributed by atoms with Crippen molar-refractivity contribution in [3.05, 3.63) is 0 Å². The molecule has 2 N–H and O–H groups in total. The van der Waals surface area contributed by atoms with Gasteiger partial charge in [-0.1, -0.05) is 13.3 Å². The van der Waals surface area contributed by atoms with Crippen molar-refractivity contribution in [3.63, 3.8) is 0 Å². The molecule has 0 amide bonds. The van der Waals surface area contributed by atoms with Crippen molar-refractivity contribution in [2.75, 3.05) is 19.8 Å². The Kier molecular flexibility index (Phi) is 6.89. The third kappa shape index (κ3) is 3.97. The lowest BCUT2D eigenvalue weighted by Crippen LogP contribution is -2.55. The van der Waals surface area contributed by atoms with Gasteiger partial charge < -0.3 is 15.2 Å². The molecule has 1 rings (SSSR count). The average molecular weight is 238 g/mol. The van der Waals surface area contributed by atoms with E-state index in [-0.39, 0.29) is 12.4 Å². The fraction of sp³-hybridized carbons (Fsp3) is 0.900. The number of rotatable bonds is 5. The van der Waals surface area contributed by atoms with E-state index in [0.29, 0.717) is 26.1 Å². The second kappa shape index (κ2) is 7.04. The van der Waals surface area contributed by atoms with Crippen LogP contribution in [0.1, 0.15) is 32.6 Å². The summed E-state index contributed by atoms with van der Waals surface area (Å²) in [5, 5.41) is 12.3. The first-order valence-electron chi connectivity index (χ1n) is 5.27. The first kappa shape index (κ1) is 14.7. The molecule has 0 unspecified atom stereocenters. The number of hydrogen-bond donors (Lipinski definition) is 2. The first-order chi connectivity index (χ1) is 6.71. The molecule has 0 aromatic rings. The zero-order valence-corrected chi connectivity index (χ0v) is 9.94. The molecule has 5 heteroatoms. The van der Waals surface area contributed by atoms with Gasteiger partial charge in [0.2, 0.25) is 0 Å². The molecule has 1 heterocycles. The van der Waals surface area contributed by atoms with E-state index in [1.54, 1.807) is 0 Å². The number of nitrogens with one attached hydrogen (secondary N) is 1. The highest BCUT2D eigenvalue weighted by Gasteiger charge is 2.39. The van der Waals surface area contributed by atoms with Gasteiger partial charge in [-0.15, -0.1) is 12.4 Å². The fourth-order valence-corrected chi connectivity index (χ4v) is 1.69. The molecule has 0 aliphatic carbocycles. The maximum absolute atomic E-state index is 11.2. The summed E-state index contributed by atoms with van der Waals surface area (Å²) < 4.78 is 5.18. The van der Waals surface area contributed by atoms with E-state index in [0.717, 1.165) is 19.4 Å². The summed E-state index contributed by atoms with van der Waals surface area (Å²) in [6.07, 6.45) is 3.26. The lowest BCUT2D eigenvalue weighted by molar-refractivity contribution is -0.149. The van der Waals surface area contributed by atoms with Crippen LogP contribution in [0.15, 0.2) is 0 Å². The zero-order chi connectivity index (χ0) is 10.4. The molecular weight excluding hydrogens is 218 g/mol. The lowest BCUT2D eigenvalue weighted by Gasteiger charge is -2.34. The van der Waals surface area contributed by atoms with Gasteiger partial charge in [0.15, 0.2) is 0 Å². The van der Waals surface area contributed by atoms with Crippen LogP contribution in [0.2, 0.25) is 0 Å². The molecule has 90 valence electrons. The second-order valence-corrected chi connectivity index (χ2v) is 3.78. The van der Waals surface area contributed by atoms with E-state index >= 15 is 0 Å². The molecule has 0 aromatic heterocycles. The topological polar surface area (TPSA) is 58.6 Å². The number of halogens is 1. The highest BCUT2D eigenvalue weighted by Crippen LogP contribution is 2.20. The molecule has 1 aliphatic heterocycles. The zero-order valence-electron chi connectivity index (χ0n) is 9.12. The third-order valence-corrected chi connectivity index (χ3v) is 2.75. The first-order valence-corrected chi connectivity index (χ1v) is 5.27. The molecule has 15 heavy (non-hydrogen) atoms. The Bertz CT molecular complexity index is 193. The predicted molar refractivity (Wildman–Crippen MR) is 60.6 cm³/mol. The van der Waals surface area contributed by atoms with Crippen molar-refractivity contribution < 1.29 is 14.6 Å². The monoisotopic (exact) mass is 237 g/mol. The highest BCUT2D eigenvalue weighted by atomic mass is 35.5. The van der Waals surface area contributed by atoms with Gasteiger partial charge in [0.05, 0.1) is 0 Å². The number of hydrogen-bond acceptors (Lipinski definition) is 3. The van der Waals surface area contributed by atoms with Gasteiger partial charge in [0.1, 0.15) is 5.54 Å². The van der Waals surface area contributed by atoms with Crippen LogP contribution in [0.5, 0.6) is 0 Å². The summed E-state index contributed by atoms with van der Waals surface area (Å²) in [7, 11) is 0. The number of carbonyl (C=O) groups is 1. The summed E-state index contributed by atoms with van der Waals surface area (Å²) in [6.45, 7) is 3.97. The molecule has 0 bridgehead atoms. The molecule has 1 fully saturated rings. The maximum Gasteiger partial charge on any atom is 0.324 e. The van der Waals surface area contributed by atoms with Gasteiger partial charge >= 0.3 is 5.97 Å². The van der Waals surface area contributed by atoms with Gasteiger partial charge in [-0.2, -0.15) is 0 Å². The summed E-state index contributed by atoms with van der Waals surface area (Å²) in [5.41, 5.74) is -0.729. The summed E-state index contributed by atoms with van der Waals surface area (Å²) >= 11 is 0. The largest absolute Gasteiger partial charge is 0.480 e. The quantitative estimate of drug-likeness (QED) is 0.711. The molecule has 0 radical (unpaired) electrons. The minimum absolute atomic E-state index is 0. The molecule has 0 aromatic carbocycles. The Labute approximate surface area is 96.8 Å². The molecule has 0 saturated carbocycles. The van der Waals surface area contributed by atoms with Crippen LogP contribution >= 0.6 is 12.4 Å². The molecule has 4 nitrogen and oxygen atoms in total. The molecule has 0 atom stereocenters. The number of carboxylic acid groups (broad SMARTS) is 1. The minimum atomic E-state index is -0.739. The Morgan fingerprint density at radius 1 is 1.47 bits per heavy atom. The summed E-state index contributed by atoms with van der Waals surface area (Å²) in [6, 6.07) is 0. The van der Waals surface area contributed by atoms with Crippen molar-refractivity contribution in [2.24, 2.45) is 0 Å². The second-order valence-electron chi connectivity index (χ2n) is 3.78. The Morgan fingerprint density at radius 2 is 2.07 bits per heavy atom. The van der Waals surface area contributed by atoms with Crippen LogP contribution in [-0.2, 0) is 9.53 Å². The predicted octanol–water partition coefficient (Wildman–Crippen LogP) is 1.43. The smallest absolute Gasteiger partial charge is 0.324 e. The minimum Gasteiger partial charge on any atom is -0.480 e. The van der Waals surface area contributed by atoms with E-state index in [1.165, 1.54) is 0 Å². The number of aliphatic carboxylic acids is 1. The van der Waals surface area contributed by atoms with Crippen LogP contribution < -0.4 is 5.32 Å². The van der Waals surface area contributed by atoms with Gasteiger partial charge in [0.25, 0.3) is 0 Å². The molecule has 1 saturated heterocycles. The van der Waals surface area contributed by atoms with Gasteiger partial charge in [-0.3, -0.25) is 4.79 Å². The van der Waals surface area contributed by atoms with E-state index in [1.807, 2.05) is 0 Å². The van der Waals surface area contributed by atoms with Crippen LogP contribution in [0.25, 0.3) is 0 Å². The standard InChI is InChI=1S/C10H19NO3.ClH/c1-2-3-6-11-10(9(12)13)4-7-14-8-5-10;/h11H,2-8H2,1H3,(H,12,13);1H. The molecular formula is C10H20ClNO3. The maximum atomic E-state index is 11.2. The van der Waals surface area contributed by atoms with Crippen molar-refractivity contribution in [1.29, 1.82) is 0 Å². The average Bonchev–Trinajstić information content (AvgIpc) is 2.19. The van der Waals surface area contributed by atoms with Crippen LogP contribution in [0.3, 0.4) is 0 Å². The SMILES string of the molecule is CCCCNC1(C(=O)O)CCOCC1.Cl. The van der Waals surface area contributed by atoms with E-state index in [2.05, 4.69) is 12.2 Å². The van der Waals surface area contributed by atoms with Gasteiger partial charge in [0, 0.05) is 13.2 Å². The Hall–Kier alpha value is -0.320. The van der Waals surface area contributed by atoms with Crippen LogP contribution in [0, 0.1) is 0 Å². The molecule has 1 aliphatic rings. The van der Waals surface area contributed by atoms with Crippen molar-refractivity contribution in [2.45, 2.75) is 38.1 Å². The van der Waals surface area contributed by atoms with E-state index < -0.39 is 11.5 Å². The van der Waals surface area contributed by atoms with Crippen molar-refractivity contribution >= 4 is 18.4 Å². The summed E-state index contributed by atoms with van der Waals surface area (Å²) in [4.78, 5) is 11.2. The van der Waals surface area contributed by atoms with Crippen LogP contribution in [0.4, 0.5) is 0 Å². The highest BCUT2D eigenvalue weighted by molar-refractivity contribution is 5.85. The van der Waals surface area contributed by atoms with Crippen LogP contribution in [-0.4, -0.2) is 36.4 Å². The molecule has 0 spiro atoms. The number of unbranched alkanes of at least 4 members (excludes halogenated alkanes) is 1. The summed E-state index contributed by atoms with van der Waals surface area (Å²) in [5.74, 6) is -0.739. The van der Waals surface area contributed by atoms with E-state index in [9.17, 15) is 9.90 Å². The normalized spacial score (nSPS) is 19.3. The fourth-order valence-electron chi connectivity index (χ4n) is 1.69. The van der Waals surface area contributed by atoms with E-state index in [4.69, 9.17) is 4.74 Å². The Balaban J connectivity index is 0.00000196. The van der Waals surface area contributed by atoms with Gasteiger partial charge in [-0.25, -0.2) is 0 Å². The number of ether oxygens (including phenoxy) is 1. The van der Waals surface area contributed by atoms with Gasteiger partial charge in [-0.05, 0) is 25.8 Å².